The highest BCUT2D eigenvalue weighted by atomic mass is 35.5. The minimum atomic E-state index is -0.796. The smallest absolute Gasteiger partial charge is 0.295 e. The Morgan fingerprint density at radius 1 is 1.17 bits per heavy atom. The van der Waals surface area contributed by atoms with Crippen molar-refractivity contribution in [1.82, 2.24) is 4.90 Å². The summed E-state index contributed by atoms with van der Waals surface area (Å²) in [6.07, 6.45) is 1.54. The molecule has 158 valence electrons. The lowest BCUT2D eigenvalue weighted by Gasteiger charge is -2.25. The monoisotopic (exact) mass is 429 g/mol. The summed E-state index contributed by atoms with van der Waals surface area (Å²) in [6, 6.07) is 10.4. The standard InChI is InChI=1S/C23H24ClNO5/c1-3-5-11-25-20(14-9-10-17(26)18(13-14)30-4-2)19(22(28)23(25)29)21(27)15-7-6-8-16(24)12-15/h6-10,12-13,20,26-27H,3-5,11H2,1-2H3/b21-19-. The molecule has 0 aliphatic carbocycles. The van der Waals surface area contributed by atoms with Crippen molar-refractivity contribution >= 4 is 29.1 Å². The van der Waals surface area contributed by atoms with Crippen LogP contribution in [0.25, 0.3) is 5.76 Å². The molecule has 1 fully saturated rings. The van der Waals surface area contributed by atoms with E-state index in [2.05, 4.69) is 0 Å². The summed E-state index contributed by atoms with van der Waals surface area (Å²) in [6.45, 7) is 4.49. The molecule has 1 unspecified atom stereocenters. The van der Waals surface area contributed by atoms with E-state index in [1.54, 1.807) is 37.3 Å². The van der Waals surface area contributed by atoms with Crippen LogP contribution in [0.4, 0.5) is 0 Å². The van der Waals surface area contributed by atoms with E-state index in [4.69, 9.17) is 16.3 Å². The number of ketones is 1. The fourth-order valence-corrected chi connectivity index (χ4v) is 3.74. The van der Waals surface area contributed by atoms with Crippen LogP contribution in [0.3, 0.4) is 0 Å². The highest BCUT2D eigenvalue weighted by Gasteiger charge is 2.46. The Hall–Kier alpha value is -2.99. The van der Waals surface area contributed by atoms with Crippen molar-refractivity contribution < 1.29 is 24.5 Å². The highest BCUT2D eigenvalue weighted by Crippen LogP contribution is 2.42. The number of aliphatic hydroxyl groups is 1. The fraction of sp³-hybridized carbons (Fsp3) is 0.304. The van der Waals surface area contributed by atoms with E-state index in [1.807, 2.05) is 6.92 Å². The molecule has 1 amide bonds. The number of Topliss-reactive ketones (excluding diaryl/α,β-unsaturated/α-hetero) is 1. The molecule has 2 aromatic carbocycles. The molecule has 1 heterocycles. The van der Waals surface area contributed by atoms with E-state index < -0.39 is 17.7 Å². The zero-order valence-corrected chi connectivity index (χ0v) is 17.6. The lowest BCUT2D eigenvalue weighted by atomic mass is 9.95. The molecule has 0 bridgehead atoms. The molecule has 2 aromatic rings. The summed E-state index contributed by atoms with van der Waals surface area (Å²) in [5, 5.41) is 21.4. The molecule has 7 heteroatoms. The third-order valence-corrected chi connectivity index (χ3v) is 5.23. The van der Waals surface area contributed by atoms with Crippen molar-refractivity contribution in [2.24, 2.45) is 0 Å². The number of amides is 1. The number of carbonyl (C=O) groups is 2. The summed E-state index contributed by atoms with van der Waals surface area (Å²) < 4.78 is 5.47. The van der Waals surface area contributed by atoms with Crippen molar-refractivity contribution in [3.05, 3.63) is 64.2 Å². The van der Waals surface area contributed by atoms with E-state index in [0.29, 0.717) is 35.7 Å². The van der Waals surface area contributed by atoms with Crippen LogP contribution in [0, 0.1) is 0 Å². The number of rotatable bonds is 7. The molecular formula is C23H24ClNO5. The van der Waals surface area contributed by atoms with E-state index in [9.17, 15) is 19.8 Å². The number of hydrogen-bond donors (Lipinski definition) is 2. The van der Waals surface area contributed by atoms with Gasteiger partial charge in [-0.3, -0.25) is 9.59 Å². The molecule has 0 saturated carbocycles. The average molecular weight is 430 g/mol. The summed E-state index contributed by atoms with van der Waals surface area (Å²) in [7, 11) is 0. The van der Waals surface area contributed by atoms with E-state index in [-0.39, 0.29) is 22.8 Å². The SMILES string of the molecule is CCCCN1C(=O)C(=O)/C(=C(\O)c2cccc(Cl)c2)C1c1ccc(O)c(OCC)c1. The Morgan fingerprint density at radius 3 is 2.60 bits per heavy atom. The number of hydrogen-bond acceptors (Lipinski definition) is 5. The second-order valence-electron chi connectivity index (χ2n) is 7.02. The van der Waals surface area contributed by atoms with E-state index in [0.717, 1.165) is 6.42 Å². The minimum Gasteiger partial charge on any atom is -0.507 e. The first-order valence-electron chi connectivity index (χ1n) is 9.89. The number of nitrogens with zero attached hydrogens (tertiary/aromatic N) is 1. The van der Waals surface area contributed by atoms with Crippen LogP contribution in [-0.4, -0.2) is 40.0 Å². The van der Waals surface area contributed by atoms with Gasteiger partial charge in [0.05, 0.1) is 18.2 Å². The summed E-state index contributed by atoms with van der Waals surface area (Å²) in [5.41, 5.74) is 0.909. The van der Waals surface area contributed by atoms with Crippen molar-refractivity contribution in [3.8, 4) is 11.5 Å². The Morgan fingerprint density at radius 2 is 1.93 bits per heavy atom. The third-order valence-electron chi connectivity index (χ3n) is 4.99. The van der Waals surface area contributed by atoms with Crippen LogP contribution in [0.1, 0.15) is 43.9 Å². The zero-order chi connectivity index (χ0) is 21.8. The first-order valence-corrected chi connectivity index (χ1v) is 10.3. The van der Waals surface area contributed by atoms with Gasteiger partial charge >= 0.3 is 0 Å². The number of ether oxygens (including phenoxy) is 1. The van der Waals surface area contributed by atoms with Crippen molar-refractivity contribution in [2.45, 2.75) is 32.7 Å². The van der Waals surface area contributed by atoms with Gasteiger partial charge < -0.3 is 19.8 Å². The van der Waals surface area contributed by atoms with Crippen LogP contribution in [0.15, 0.2) is 48.0 Å². The van der Waals surface area contributed by atoms with Gasteiger partial charge in [0.25, 0.3) is 11.7 Å². The maximum absolute atomic E-state index is 12.9. The Labute approximate surface area is 180 Å². The molecule has 0 spiro atoms. The third kappa shape index (κ3) is 4.14. The maximum Gasteiger partial charge on any atom is 0.295 e. The minimum absolute atomic E-state index is 0.00786. The first kappa shape index (κ1) is 21.7. The van der Waals surface area contributed by atoms with Gasteiger partial charge in [-0.15, -0.1) is 0 Å². The Kier molecular flexibility index (Phi) is 6.67. The number of halogens is 1. The van der Waals surface area contributed by atoms with Crippen LogP contribution < -0.4 is 4.74 Å². The van der Waals surface area contributed by atoms with Gasteiger partial charge in [-0.05, 0) is 43.2 Å². The van der Waals surface area contributed by atoms with Crippen molar-refractivity contribution in [1.29, 1.82) is 0 Å². The largest absolute Gasteiger partial charge is 0.507 e. The summed E-state index contributed by atoms with van der Waals surface area (Å²) in [5.74, 6) is -1.49. The quantitative estimate of drug-likeness (QED) is 0.379. The maximum atomic E-state index is 12.9. The summed E-state index contributed by atoms with van der Waals surface area (Å²) in [4.78, 5) is 27.2. The van der Waals surface area contributed by atoms with Crippen molar-refractivity contribution in [3.63, 3.8) is 0 Å². The fourth-order valence-electron chi connectivity index (χ4n) is 3.55. The normalized spacial score (nSPS) is 18.1. The summed E-state index contributed by atoms with van der Waals surface area (Å²) >= 11 is 6.04. The molecule has 6 nitrogen and oxygen atoms in total. The molecule has 1 atom stereocenters. The van der Waals surface area contributed by atoms with Crippen molar-refractivity contribution in [2.75, 3.05) is 13.2 Å². The number of likely N-dealkylation sites (tertiary alicyclic amines) is 1. The van der Waals surface area contributed by atoms with Gasteiger partial charge in [0, 0.05) is 17.1 Å². The molecule has 3 rings (SSSR count). The lowest BCUT2D eigenvalue weighted by molar-refractivity contribution is -0.139. The van der Waals surface area contributed by atoms with Gasteiger partial charge in [0.2, 0.25) is 0 Å². The molecule has 2 N–H and O–H groups in total. The van der Waals surface area contributed by atoms with E-state index >= 15 is 0 Å². The van der Waals surface area contributed by atoms with Gasteiger partial charge in [-0.25, -0.2) is 0 Å². The number of phenolic OH excluding ortho intramolecular Hbond substituents is 1. The second-order valence-corrected chi connectivity index (χ2v) is 7.45. The van der Waals surface area contributed by atoms with Gasteiger partial charge in [-0.1, -0.05) is 43.1 Å². The first-order chi connectivity index (χ1) is 14.4. The second kappa shape index (κ2) is 9.22. The lowest BCUT2D eigenvalue weighted by Crippen LogP contribution is -2.30. The number of benzene rings is 2. The van der Waals surface area contributed by atoms with Gasteiger partial charge in [-0.2, -0.15) is 0 Å². The number of aliphatic hydroxyl groups excluding tert-OH is 1. The zero-order valence-electron chi connectivity index (χ0n) is 16.9. The van der Waals surface area contributed by atoms with Gasteiger partial charge in [0.1, 0.15) is 5.76 Å². The Balaban J connectivity index is 2.19. The topological polar surface area (TPSA) is 87.1 Å². The van der Waals surface area contributed by atoms with Crippen LogP contribution >= 0.6 is 11.6 Å². The Bertz CT molecular complexity index is 1000. The predicted octanol–water partition coefficient (Wildman–Crippen LogP) is 4.67. The molecular weight excluding hydrogens is 406 g/mol. The molecule has 30 heavy (non-hydrogen) atoms. The molecule has 0 radical (unpaired) electrons. The number of carbonyl (C=O) groups excluding carboxylic acids is 2. The predicted molar refractivity (Wildman–Crippen MR) is 115 cm³/mol. The van der Waals surface area contributed by atoms with Gasteiger partial charge in [0.15, 0.2) is 11.5 Å². The molecule has 1 saturated heterocycles. The van der Waals surface area contributed by atoms with Crippen LogP contribution in [-0.2, 0) is 9.59 Å². The number of aromatic hydroxyl groups is 1. The van der Waals surface area contributed by atoms with Crippen LogP contribution in [0.5, 0.6) is 11.5 Å². The average Bonchev–Trinajstić information content (AvgIpc) is 2.98. The number of phenols is 1. The molecule has 1 aliphatic heterocycles. The van der Waals surface area contributed by atoms with E-state index in [1.165, 1.54) is 17.0 Å². The number of unbranched alkanes of at least 4 members (excludes halogenated alkanes) is 1. The van der Waals surface area contributed by atoms with Crippen LogP contribution in [0.2, 0.25) is 5.02 Å². The molecule has 1 aliphatic rings. The highest BCUT2D eigenvalue weighted by molar-refractivity contribution is 6.46. The molecule has 0 aromatic heterocycles.